The van der Waals surface area contributed by atoms with Crippen molar-refractivity contribution in [2.75, 3.05) is 11.9 Å². The van der Waals surface area contributed by atoms with E-state index in [0.717, 1.165) is 11.1 Å². The molecule has 2 aromatic carbocycles. The van der Waals surface area contributed by atoms with Gasteiger partial charge in [-0.2, -0.15) is 4.72 Å². The Balaban J connectivity index is 1.91. The Bertz CT molecular complexity index is 954. The van der Waals surface area contributed by atoms with E-state index in [0.29, 0.717) is 10.7 Å². The van der Waals surface area contributed by atoms with E-state index in [2.05, 4.69) is 10.0 Å². The molecule has 1 atom stereocenters. The molecule has 2 rings (SSSR count). The van der Waals surface area contributed by atoms with Crippen LogP contribution in [0.1, 0.15) is 18.1 Å². The standard InChI is InChI=1S/C19H21ClN2O5S/c1-12-5-4-6-13(2)18(12)21-17(23)11-27-19(24)14(3)22-28(25,26)16-9-7-15(20)8-10-16/h4-10,14,22H,11H2,1-3H3,(H,21,23)/t14-/m0/s1. The van der Waals surface area contributed by atoms with Gasteiger partial charge in [-0.3, -0.25) is 9.59 Å². The molecule has 0 unspecified atom stereocenters. The number of hydrogen-bond donors (Lipinski definition) is 2. The third kappa shape index (κ3) is 5.79. The maximum Gasteiger partial charge on any atom is 0.324 e. The van der Waals surface area contributed by atoms with Gasteiger partial charge in [0.05, 0.1) is 4.90 Å². The first kappa shape index (κ1) is 21.9. The van der Waals surface area contributed by atoms with Crippen LogP contribution in [0.4, 0.5) is 5.69 Å². The lowest BCUT2D eigenvalue weighted by atomic mass is 10.1. The molecule has 0 radical (unpaired) electrons. The Morgan fingerprint density at radius 1 is 1.07 bits per heavy atom. The Morgan fingerprint density at radius 2 is 1.64 bits per heavy atom. The molecule has 0 fully saturated rings. The molecular formula is C19H21ClN2O5S. The maximum absolute atomic E-state index is 12.3. The molecule has 0 spiro atoms. The van der Waals surface area contributed by atoms with Crippen molar-refractivity contribution >= 4 is 39.2 Å². The number of carbonyl (C=O) groups is 2. The topological polar surface area (TPSA) is 102 Å². The van der Waals surface area contributed by atoms with Gasteiger partial charge >= 0.3 is 5.97 Å². The van der Waals surface area contributed by atoms with E-state index in [-0.39, 0.29) is 4.90 Å². The summed E-state index contributed by atoms with van der Waals surface area (Å²) in [5.41, 5.74) is 2.41. The first-order valence-corrected chi connectivity index (χ1v) is 10.3. The zero-order valence-corrected chi connectivity index (χ0v) is 17.2. The van der Waals surface area contributed by atoms with Crippen LogP contribution in [0.2, 0.25) is 5.02 Å². The Kier molecular flexibility index (Phi) is 7.17. The summed E-state index contributed by atoms with van der Waals surface area (Å²) in [7, 11) is -3.93. The van der Waals surface area contributed by atoms with Gasteiger partial charge in [0.25, 0.3) is 5.91 Å². The smallest absolute Gasteiger partial charge is 0.324 e. The van der Waals surface area contributed by atoms with Gasteiger partial charge in [-0.05, 0) is 56.2 Å². The summed E-state index contributed by atoms with van der Waals surface area (Å²) in [4.78, 5) is 24.1. The van der Waals surface area contributed by atoms with E-state index < -0.39 is 34.5 Å². The van der Waals surface area contributed by atoms with Crippen LogP contribution < -0.4 is 10.0 Å². The molecule has 0 aliphatic rings. The van der Waals surface area contributed by atoms with E-state index in [4.69, 9.17) is 16.3 Å². The molecule has 2 aromatic rings. The normalized spacial score (nSPS) is 12.3. The van der Waals surface area contributed by atoms with E-state index in [1.165, 1.54) is 31.2 Å². The van der Waals surface area contributed by atoms with Gasteiger partial charge in [0.15, 0.2) is 6.61 Å². The second kappa shape index (κ2) is 9.18. The summed E-state index contributed by atoms with van der Waals surface area (Å²) < 4.78 is 31.7. The number of esters is 1. The number of hydrogen-bond acceptors (Lipinski definition) is 5. The number of halogens is 1. The first-order chi connectivity index (χ1) is 13.1. The number of anilines is 1. The number of nitrogens with one attached hydrogen (secondary N) is 2. The van der Waals surface area contributed by atoms with Gasteiger partial charge in [-0.25, -0.2) is 8.42 Å². The van der Waals surface area contributed by atoms with Crippen molar-refractivity contribution in [3.05, 3.63) is 58.6 Å². The molecule has 28 heavy (non-hydrogen) atoms. The Morgan fingerprint density at radius 3 is 2.21 bits per heavy atom. The molecule has 1 amide bonds. The SMILES string of the molecule is Cc1cccc(C)c1NC(=O)COC(=O)[C@H](C)NS(=O)(=O)c1ccc(Cl)cc1. The highest BCUT2D eigenvalue weighted by Gasteiger charge is 2.23. The molecular weight excluding hydrogens is 404 g/mol. The molecule has 0 aromatic heterocycles. The average molecular weight is 425 g/mol. The van der Waals surface area contributed by atoms with Crippen LogP contribution >= 0.6 is 11.6 Å². The van der Waals surface area contributed by atoms with Crippen molar-refractivity contribution < 1.29 is 22.7 Å². The summed E-state index contributed by atoms with van der Waals surface area (Å²) in [5.74, 6) is -1.38. The number of ether oxygens (including phenoxy) is 1. The van der Waals surface area contributed by atoms with Crippen LogP contribution in [0, 0.1) is 13.8 Å². The lowest BCUT2D eigenvalue weighted by Gasteiger charge is -2.15. The van der Waals surface area contributed by atoms with Gasteiger partial charge in [0.1, 0.15) is 6.04 Å². The zero-order chi connectivity index (χ0) is 20.9. The summed E-state index contributed by atoms with van der Waals surface area (Å²) in [6.45, 7) is 4.50. The maximum atomic E-state index is 12.3. The van der Waals surface area contributed by atoms with E-state index >= 15 is 0 Å². The second-order valence-corrected chi connectivity index (χ2v) is 8.37. The average Bonchev–Trinajstić information content (AvgIpc) is 2.62. The number of sulfonamides is 1. The molecule has 0 aliphatic carbocycles. The third-order valence-electron chi connectivity index (χ3n) is 3.90. The fourth-order valence-electron chi connectivity index (χ4n) is 2.41. The fourth-order valence-corrected chi connectivity index (χ4v) is 3.73. The van der Waals surface area contributed by atoms with Crippen molar-refractivity contribution in [1.82, 2.24) is 4.72 Å². The van der Waals surface area contributed by atoms with Crippen molar-refractivity contribution in [1.29, 1.82) is 0 Å². The Hall–Kier alpha value is -2.42. The Labute approximate surface area is 169 Å². The fraction of sp³-hybridized carbons (Fsp3) is 0.263. The quantitative estimate of drug-likeness (QED) is 0.665. The molecule has 150 valence electrons. The van der Waals surface area contributed by atoms with Crippen LogP contribution in [0.25, 0.3) is 0 Å². The third-order valence-corrected chi connectivity index (χ3v) is 5.71. The minimum absolute atomic E-state index is 0.0377. The largest absolute Gasteiger partial charge is 0.454 e. The van der Waals surface area contributed by atoms with Crippen molar-refractivity contribution in [3.8, 4) is 0 Å². The summed E-state index contributed by atoms with van der Waals surface area (Å²) in [6.07, 6.45) is 0. The van der Waals surface area contributed by atoms with Crippen LogP contribution in [0.3, 0.4) is 0 Å². The van der Waals surface area contributed by atoms with Crippen LogP contribution in [-0.2, 0) is 24.3 Å². The minimum atomic E-state index is -3.93. The number of rotatable bonds is 7. The summed E-state index contributed by atoms with van der Waals surface area (Å²) in [5, 5.41) is 3.07. The van der Waals surface area contributed by atoms with Crippen molar-refractivity contribution in [2.45, 2.75) is 31.7 Å². The van der Waals surface area contributed by atoms with Crippen LogP contribution in [0.15, 0.2) is 47.4 Å². The zero-order valence-electron chi connectivity index (χ0n) is 15.7. The molecule has 7 nitrogen and oxygen atoms in total. The van der Waals surface area contributed by atoms with E-state index in [9.17, 15) is 18.0 Å². The summed E-state index contributed by atoms with van der Waals surface area (Å²) >= 11 is 5.74. The lowest BCUT2D eigenvalue weighted by Crippen LogP contribution is -2.40. The highest BCUT2D eigenvalue weighted by atomic mass is 35.5. The predicted octanol–water partition coefficient (Wildman–Crippen LogP) is 2.81. The predicted molar refractivity (Wildman–Crippen MR) is 107 cm³/mol. The molecule has 0 heterocycles. The molecule has 0 aliphatic heterocycles. The highest BCUT2D eigenvalue weighted by molar-refractivity contribution is 7.89. The highest BCUT2D eigenvalue weighted by Crippen LogP contribution is 2.19. The van der Waals surface area contributed by atoms with E-state index in [1.54, 1.807) is 0 Å². The number of benzene rings is 2. The van der Waals surface area contributed by atoms with Gasteiger partial charge in [-0.1, -0.05) is 29.8 Å². The second-order valence-electron chi connectivity index (χ2n) is 6.22. The molecule has 0 saturated carbocycles. The number of para-hydroxylation sites is 1. The first-order valence-electron chi connectivity index (χ1n) is 8.41. The van der Waals surface area contributed by atoms with Crippen LogP contribution in [0.5, 0.6) is 0 Å². The van der Waals surface area contributed by atoms with E-state index in [1.807, 2.05) is 32.0 Å². The monoisotopic (exact) mass is 424 g/mol. The van der Waals surface area contributed by atoms with Gasteiger partial charge < -0.3 is 10.1 Å². The molecule has 2 N–H and O–H groups in total. The molecule has 0 bridgehead atoms. The van der Waals surface area contributed by atoms with Gasteiger partial charge in [0.2, 0.25) is 10.0 Å². The lowest BCUT2D eigenvalue weighted by molar-refractivity contribution is -0.148. The van der Waals surface area contributed by atoms with Crippen LogP contribution in [-0.4, -0.2) is 32.9 Å². The molecule has 0 saturated heterocycles. The van der Waals surface area contributed by atoms with Crippen molar-refractivity contribution in [2.24, 2.45) is 0 Å². The number of amides is 1. The summed E-state index contributed by atoms with van der Waals surface area (Å²) in [6, 6.07) is 9.89. The number of carbonyl (C=O) groups excluding carboxylic acids is 2. The van der Waals surface area contributed by atoms with Gasteiger partial charge in [0, 0.05) is 10.7 Å². The number of aryl methyl sites for hydroxylation is 2. The molecule has 9 heteroatoms. The van der Waals surface area contributed by atoms with Crippen molar-refractivity contribution in [3.63, 3.8) is 0 Å². The van der Waals surface area contributed by atoms with Gasteiger partial charge in [-0.15, -0.1) is 0 Å². The minimum Gasteiger partial charge on any atom is -0.454 e.